The zero-order valence-corrected chi connectivity index (χ0v) is 11.5. The van der Waals surface area contributed by atoms with Crippen molar-refractivity contribution in [2.24, 2.45) is 5.73 Å². The fourth-order valence-corrected chi connectivity index (χ4v) is 2.67. The highest BCUT2D eigenvalue weighted by Crippen LogP contribution is 2.43. The molecule has 3 N–H and O–H groups in total. The number of allylic oxidation sites excluding steroid dienone is 2. The summed E-state index contributed by atoms with van der Waals surface area (Å²) in [6, 6.07) is 8.29. The van der Waals surface area contributed by atoms with Crippen LogP contribution < -0.4 is 11.1 Å². The topological polar surface area (TPSA) is 61.8 Å². The van der Waals surface area contributed by atoms with Crippen molar-refractivity contribution in [3.05, 3.63) is 52.6 Å². The second-order valence-electron chi connectivity index (χ2n) is 5.46. The highest BCUT2D eigenvalue weighted by atomic mass is 14.9. The number of benzene rings is 1. The molecule has 1 aromatic carbocycles. The summed E-state index contributed by atoms with van der Waals surface area (Å²) in [5.74, 6) is 0.631. The van der Waals surface area contributed by atoms with Gasteiger partial charge in [0.25, 0.3) is 0 Å². The maximum atomic E-state index is 9.07. The van der Waals surface area contributed by atoms with Gasteiger partial charge in [0, 0.05) is 24.4 Å². The molecule has 1 fully saturated rings. The first-order valence-corrected chi connectivity index (χ1v) is 7.18. The molecular weight excluding hydrogens is 246 g/mol. The van der Waals surface area contributed by atoms with Crippen molar-refractivity contribution in [3.8, 4) is 6.07 Å². The quantitative estimate of drug-likeness (QED) is 0.826. The molecule has 1 aliphatic carbocycles. The zero-order chi connectivity index (χ0) is 13.9. The van der Waals surface area contributed by atoms with E-state index in [0.29, 0.717) is 12.5 Å². The molecule has 0 bridgehead atoms. The van der Waals surface area contributed by atoms with Crippen LogP contribution in [0.3, 0.4) is 0 Å². The first kappa shape index (κ1) is 13.0. The van der Waals surface area contributed by atoms with Gasteiger partial charge >= 0.3 is 0 Å². The third kappa shape index (κ3) is 2.61. The Labute approximate surface area is 119 Å². The molecule has 3 heteroatoms. The summed E-state index contributed by atoms with van der Waals surface area (Å²) in [4.78, 5) is 0. The molecule has 1 saturated carbocycles. The number of hydrogen-bond acceptors (Lipinski definition) is 3. The van der Waals surface area contributed by atoms with E-state index in [1.807, 2.05) is 6.07 Å². The monoisotopic (exact) mass is 265 g/mol. The second-order valence-corrected chi connectivity index (χ2v) is 5.46. The van der Waals surface area contributed by atoms with Crippen LogP contribution >= 0.6 is 0 Å². The minimum absolute atomic E-state index is 0.608. The predicted molar refractivity (Wildman–Crippen MR) is 80.9 cm³/mol. The molecule has 102 valence electrons. The molecule has 0 saturated heterocycles. The molecule has 20 heavy (non-hydrogen) atoms. The standard InChI is InChI=1S/C17H19N3/c18-9-12-4-7-15(16(8-12)14-5-6-14)17-3-1-2-13(10-19)11-20-17/h2-4,7-8,14,20H,1,5-6,10-11,19H2. The first-order chi connectivity index (χ1) is 9.81. The number of nitriles is 1. The van der Waals surface area contributed by atoms with Crippen LogP contribution in [0.1, 0.15) is 41.9 Å². The Hall–Kier alpha value is -2.05. The van der Waals surface area contributed by atoms with Gasteiger partial charge in [-0.25, -0.2) is 0 Å². The van der Waals surface area contributed by atoms with Crippen molar-refractivity contribution in [1.82, 2.24) is 5.32 Å². The smallest absolute Gasteiger partial charge is 0.0991 e. The molecule has 0 amide bonds. The number of nitrogens with zero attached hydrogens (tertiary/aromatic N) is 1. The Morgan fingerprint density at radius 2 is 2.15 bits per heavy atom. The van der Waals surface area contributed by atoms with E-state index in [-0.39, 0.29) is 0 Å². The minimum atomic E-state index is 0.608. The van der Waals surface area contributed by atoms with Gasteiger partial charge in [0.05, 0.1) is 11.6 Å². The van der Waals surface area contributed by atoms with Gasteiger partial charge in [-0.2, -0.15) is 5.26 Å². The van der Waals surface area contributed by atoms with E-state index in [0.717, 1.165) is 18.5 Å². The lowest BCUT2D eigenvalue weighted by Gasteiger charge is -2.15. The number of nitrogens with one attached hydrogen (secondary N) is 1. The van der Waals surface area contributed by atoms with E-state index in [1.165, 1.54) is 35.2 Å². The van der Waals surface area contributed by atoms with Crippen LogP contribution in [0.4, 0.5) is 0 Å². The summed E-state index contributed by atoms with van der Waals surface area (Å²) >= 11 is 0. The molecule has 0 spiro atoms. The van der Waals surface area contributed by atoms with Crippen molar-refractivity contribution in [1.29, 1.82) is 5.26 Å². The number of hydrogen-bond donors (Lipinski definition) is 2. The van der Waals surface area contributed by atoms with Gasteiger partial charge in [-0.05, 0) is 48.4 Å². The van der Waals surface area contributed by atoms with Crippen LogP contribution in [0.2, 0.25) is 0 Å². The van der Waals surface area contributed by atoms with Crippen molar-refractivity contribution in [2.75, 3.05) is 13.1 Å². The summed E-state index contributed by atoms with van der Waals surface area (Å²) in [6.45, 7) is 1.42. The third-order valence-electron chi connectivity index (χ3n) is 3.98. The molecule has 1 heterocycles. The Morgan fingerprint density at radius 3 is 2.85 bits per heavy atom. The molecule has 0 atom stereocenters. The van der Waals surface area contributed by atoms with E-state index < -0.39 is 0 Å². The lowest BCUT2D eigenvalue weighted by molar-refractivity contribution is 0.921. The van der Waals surface area contributed by atoms with Crippen molar-refractivity contribution >= 4 is 5.70 Å². The first-order valence-electron chi connectivity index (χ1n) is 7.18. The van der Waals surface area contributed by atoms with Gasteiger partial charge in [0.15, 0.2) is 0 Å². The SMILES string of the molecule is N#Cc1ccc(C2=CCC=C(CN)CN2)c(C2CC2)c1. The maximum absolute atomic E-state index is 9.07. The molecule has 1 aliphatic heterocycles. The van der Waals surface area contributed by atoms with Crippen molar-refractivity contribution in [2.45, 2.75) is 25.2 Å². The highest BCUT2D eigenvalue weighted by Gasteiger charge is 2.27. The van der Waals surface area contributed by atoms with E-state index in [9.17, 15) is 0 Å². The molecule has 2 aliphatic rings. The molecule has 1 aromatic rings. The van der Waals surface area contributed by atoms with Crippen LogP contribution in [0.25, 0.3) is 5.70 Å². The predicted octanol–water partition coefficient (Wildman–Crippen LogP) is 2.65. The molecule has 0 unspecified atom stereocenters. The van der Waals surface area contributed by atoms with Crippen molar-refractivity contribution < 1.29 is 0 Å². The van der Waals surface area contributed by atoms with E-state index in [1.54, 1.807) is 0 Å². The van der Waals surface area contributed by atoms with E-state index in [2.05, 4.69) is 35.7 Å². The summed E-state index contributed by atoms with van der Waals surface area (Å²) in [5, 5.41) is 12.6. The lowest BCUT2D eigenvalue weighted by atomic mass is 9.97. The normalized spacial score (nSPS) is 18.4. The molecule has 3 nitrogen and oxygen atoms in total. The van der Waals surface area contributed by atoms with Gasteiger partial charge in [0.1, 0.15) is 0 Å². The number of nitrogens with two attached hydrogens (primary N) is 1. The Bertz CT molecular complexity index is 616. The largest absolute Gasteiger partial charge is 0.381 e. The average Bonchev–Trinajstić information content (AvgIpc) is 3.33. The van der Waals surface area contributed by atoms with Crippen LogP contribution in [0.15, 0.2) is 35.9 Å². The van der Waals surface area contributed by atoms with Crippen LogP contribution in [-0.2, 0) is 0 Å². The zero-order valence-electron chi connectivity index (χ0n) is 11.5. The fraction of sp³-hybridized carbons (Fsp3) is 0.353. The molecular formula is C17H19N3. The maximum Gasteiger partial charge on any atom is 0.0991 e. The van der Waals surface area contributed by atoms with E-state index in [4.69, 9.17) is 11.0 Å². The highest BCUT2D eigenvalue weighted by molar-refractivity contribution is 5.69. The molecule has 0 radical (unpaired) electrons. The summed E-state index contributed by atoms with van der Waals surface area (Å²) in [6.07, 6.45) is 7.80. The third-order valence-corrected chi connectivity index (χ3v) is 3.98. The Balaban J connectivity index is 1.91. The Morgan fingerprint density at radius 1 is 1.30 bits per heavy atom. The van der Waals surface area contributed by atoms with Crippen LogP contribution in [-0.4, -0.2) is 13.1 Å². The van der Waals surface area contributed by atoms with Gasteiger partial charge in [0.2, 0.25) is 0 Å². The van der Waals surface area contributed by atoms with Gasteiger partial charge in [-0.3, -0.25) is 0 Å². The minimum Gasteiger partial charge on any atom is -0.381 e. The van der Waals surface area contributed by atoms with Crippen LogP contribution in [0.5, 0.6) is 0 Å². The fourth-order valence-electron chi connectivity index (χ4n) is 2.67. The average molecular weight is 265 g/mol. The molecule has 0 aromatic heterocycles. The van der Waals surface area contributed by atoms with Crippen molar-refractivity contribution in [3.63, 3.8) is 0 Å². The summed E-state index contributed by atoms with van der Waals surface area (Å²) in [7, 11) is 0. The van der Waals surface area contributed by atoms with E-state index >= 15 is 0 Å². The van der Waals surface area contributed by atoms with Gasteiger partial charge < -0.3 is 11.1 Å². The number of rotatable bonds is 3. The van der Waals surface area contributed by atoms with Crippen LogP contribution in [0, 0.1) is 11.3 Å². The summed E-state index contributed by atoms with van der Waals surface area (Å²) < 4.78 is 0. The lowest BCUT2D eigenvalue weighted by Crippen LogP contribution is -2.19. The van der Waals surface area contributed by atoms with Gasteiger partial charge in [-0.1, -0.05) is 18.2 Å². The second kappa shape index (κ2) is 5.52. The Kier molecular flexibility index (Phi) is 3.58. The van der Waals surface area contributed by atoms with Gasteiger partial charge in [-0.15, -0.1) is 0 Å². The molecule has 3 rings (SSSR count). The summed E-state index contributed by atoms with van der Waals surface area (Å²) in [5.41, 5.74) is 11.5.